The molecular weight excluding hydrogens is 288 g/mol. The molecule has 2 rings (SSSR count). The van der Waals surface area contributed by atoms with Gasteiger partial charge in [0.1, 0.15) is 0 Å². The lowest BCUT2D eigenvalue weighted by Crippen LogP contribution is -1.84. The van der Waals surface area contributed by atoms with E-state index < -0.39 is 0 Å². The Bertz CT molecular complexity index is 428. The van der Waals surface area contributed by atoms with E-state index in [4.69, 9.17) is 16.0 Å². The van der Waals surface area contributed by atoms with Gasteiger partial charge in [0, 0.05) is 12.3 Å². The summed E-state index contributed by atoms with van der Waals surface area (Å²) in [6, 6.07) is 3.89. The van der Waals surface area contributed by atoms with E-state index in [0.29, 0.717) is 24.1 Å². The molecule has 0 aliphatic carbocycles. The van der Waals surface area contributed by atoms with Crippen molar-refractivity contribution in [3.63, 3.8) is 0 Å². The minimum Gasteiger partial charge on any atom is -0.420 e. The third-order valence-electron chi connectivity index (χ3n) is 1.56. The van der Waals surface area contributed by atoms with Crippen LogP contribution in [0.1, 0.15) is 5.89 Å². The molecule has 0 unspecified atom stereocenters. The Balaban J connectivity index is 2.24. The number of halogens is 2. The van der Waals surface area contributed by atoms with Gasteiger partial charge < -0.3 is 4.42 Å². The van der Waals surface area contributed by atoms with E-state index in [9.17, 15) is 0 Å². The second-order valence-corrected chi connectivity index (χ2v) is 5.38. The predicted molar refractivity (Wildman–Crippen MR) is 59.7 cm³/mol. The number of aromatic nitrogens is 2. The molecule has 0 spiro atoms. The average Bonchev–Trinajstić information content (AvgIpc) is 2.74. The highest BCUT2D eigenvalue weighted by Crippen LogP contribution is 2.30. The van der Waals surface area contributed by atoms with Gasteiger partial charge in [-0.2, -0.15) is 0 Å². The van der Waals surface area contributed by atoms with Gasteiger partial charge in [-0.05, 0) is 28.1 Å². The van der Waals surface area contributed by atoms with Crippen molar-refractivity contribution in [3.05, 3.63) is 21.8 Å². The summed E-state index contributed by atoms with van der Waals surface area (Å²) >= 11 is 10.5. The molecule has 74 valence electrons. The molecule has 2 aromatic heterocycles. The molecule has 3 nitrogen and oxygen atoms in total. The van der Waals surface area contributed by atoms with Crippen LogP contribution in [0.15, 0.2) is 20.3 Å². The van der Waals surface area contributed by atoms with Gasteiger partial charge in [0.25, 0.3) is 5.89 Å². The van der Waals surface area contributed by atoms with Crippen molar-refractivity contribution in [2.45, 2.75) is 6.42 Å². The van der Waals surface area contributed by atoms with Crippen LogP contribution in [-0.2, 0) is 6.42 Å². The van der Waals surface area contributed by atoms with Gasteiger partial charge in [-0.1, -0.05) is 0 Å². The molecule has 0 bridgehead atoms. The summed E-state index contributed by atoms with van der Waals surface area (Å²) in [5.74, 6) is 1.64. The largest absolute Gasteiger partial charge is 0.420 e. The number of hydrogen-bond donors (Lipinski definition) is 0. The molecule has 0 aliphatic heterocycles. The fourth-order valence-electron chi connectivity index (χ4n) is 0.964. The summed E-state index contributed by atoms with van der Waals surface area (Å²) < 4.78 is 6.45. The zero-order valence-electron chi connectivity index (χ0n) is 7.04. The van der Waals surface area contributed by atoms with Crippen LogP contribution in [0.25, 0.3) is 10.8 Å². The van der Waals surface area contributed by atoms with Gasteiger partial charge in [-0.3, -0.25) is 0 Å². The van der Waals surface area contributed by atoms with Crippen LogP contribution in [0.4, 0.5) is 0 Å². The number of aryl methyl sites for hydroxylation is 1. The molecule has 0 amide bonds. The van der Waals surface area contributed by atoms with Crippen LogP contribution in [0, 0.1) is 0 Å². The summed E-state index contributed by atoms with van der Waals surface area (Å²) in [7, 11) is 0. The van der Waals surface area contributed by atoms with E-state index in [0.717, 1.165) is 8.66 Å². The van der Waals surface area contributed by atoms with Crippen molar-refractivity contribution in [1.29, 1.82) is 0 Å². The second kappa shape index (κ2) is 4.42. The van der Waals surface area contributed by atoms with E-state index in [2.05, 4.69) is 26.1 Å². The summed E-state index contributed by atoms with van der Waals surface area (Å²) in [5, 5.41) is 7.81. The third kappa shape index (κ3) is 2.16. The maximum Gasteiger partial charge on any atom is 0.257 e. The van der Waals surface area contributed by atoms with Gasteiger partial charge in [-0.15, -0.1) is 33.1 Å². The number of alkyl halides is 1. The predicted octanol–water partition coefficient (Wildman–Crippen LogP) is 3.34. The van der Waals surface area contributed by atoms with Crippen LogP contribution in [-0.4, -0.2) is 16.1 Å². The lowest BCUT2D eigenvalue weighted by molar-refractivity contribution is 0.515. The molecule has 0 aliphatic rings. The van der Waals surface area contributed by atoms with Gasteiger partial charge in [-0.25, -0.2) is 0 Å². The van der Waals surface area contributed by atoms with Crippen LogP contribution in [0.3, 0.4) is 0 Å². The molecule has 2 aromatic rings. The summed E-state index contributed by atoms with van der Waals surface area (Å²) in [6.07, 6.45) is 0.612. The number of rotatable bonds is 3. The summed E-state index contributed by atoms with van der Waals surface area (Å²) in [4.78, 5) is 0.963. The van der Waals surface area contributed by atoms with Gasteiger partial charge in [0.2, 0.25) is 5.89 Å². The first-order valence-electron chi connectivity index (χ1n) is 3.93. The fourth-order valence-corrected chi connectivity index (χ4v) is 2.43. The molecule has 0 fully saturated rings. The van der Waals surface area contributed by atoms with Crippen LogP contribution >= 0.6 is 38.9 Å². The van der Waals surface area contributed by atoms with Gasteiger partial charge >= 0.3 is 0 Å². The Morgan fingerprint density at radius 3 is 2.93 bits per heavy atom. The molecule has 6 heteroatoms. The van der Waals surface area contributed by atoms with Crippen LogP contribution in [0.5, 0.6) is 0 Å². The first kappa shape index (κ1) is 10.1. The fraction of sp³-hybridized carbons (Fsp3) is 0.250. The molecule has 0 saturated heterocycles. The van der Waals surface area contributed by atoms with Crippen molar-refractivity contribution in [2.24, 2.45) is 0 Å². The molecular formula is C8H6BrClN2OS. The Labute approximate surface area is 98.2 Å². The topological polar surface area (TPSA) is 38.9 Å². The molecule has 0 atom stereocenters. The molecule has 0 aromatic carbocycles. The Morgan fingerprint density at radius 2 is 2.29 bits per heavy atom. The van der Waals surface area contributed by atoms with E-state index >= 15 is 0 Å². The van der Waals surface area contributed by atoms with E-state index in [1.165, 1.54) is 0 Å². The minimum absolute atomic E-state index is 0.496. The Morgan fingerprint density at radius 1 is 1.43 bits per heavy atom. The minimum atomic E-state index is 0.496. The lowest BCUT2D eigenvalue weighted by Gasteiger charge is -1.86. The van der Waals surface area contributed by atoms with Crippen molar-refractivity contribution in [3.8, 4) is 10.8 Å². The first-order valence-corrected chi connectivity index (χ1v) is 6.08. The number of nitrogens with zero attached hydrogens (tertiary/aromatic N) is 2. The highest BCUT2D eigenvalue weighted by Gasteiger charge is 2.09. The maximum atomic E-state index is 5.56. The Hall–Kier alpha value is -0.390. The monoisotopic (exact) mass is 292 g/mol. The van der Waals surface area contributed by atoms with Crippen molar-refractivity contribution in [1.82, 2.24) is 10.2 Å². The third-order valence-corrected chi connectivity index (χ3v) is 3.36. The lowest BCUT2D eigenvalue weighted by atomic mass is 10.5. The highest BCUT2D eigenvalue weighted by atomic mass is 79.9. The quantitative estimate of drug-likeness (QED) is 0.815. The van der Waals surface area contributed by atoms with Crippen LogP contribution in [0.2, 0.25) is 0 Å². The average molecular weight is 294 g/mol. The number of thiophene rings is 1. The molecule has 14 heavy (non-hydrogen) atoms. The molecule has 0 N–H and O–H groups in total. The van der Waals surface area contributed by atoms with E-state index in [-0.39, 0.29) is 0 Å². The van der Waals surface area contributed by atoms with Crippen molar-refractivity contribution >= 4 is 38.9 Å². The zero-order chi connectivity index (χ0) is 9.97. The van der Waals surface area contributed by atoms with E-state index in [1.807, 2.05) is 12.1 Å². The number of hydrogen-bond acceptors (Lipinski definition) is 4. The standard InChI is InChI=1S/C8H6BrClN2OS/c9-6-2-1-5(14-6)8-12-11-7(13-8)3-4-10/h1-2H,3-4H2. The second-order valence-electron chi connectivity index (χ2n) is 2.54. The normalized spacial score (nSPS) is 10.7. The SMILES string of the molecule is ClCCc1nnc(-c2ccc(Br)s2)o1. The van der Waals surface area contributed by atoms with Gasteiger partial charge in [0.15, 0.2) is 0 Å². The first-order chi connectivity index (χ1) is 6.79. The highest BCUT2D eigenvalue weighted by molar-refractivity contribution is 9.11. The van der Waals surface area contributed by atoms with Crippen LogP contribution < -0.4 is 0 Å². The molecule has 2 heterocycles. The van der Waals surface area contributed by atoms with Crippen molar-refractivity contribution < 1.29 is 4.42 Å². The maximum absolute atomic E-state index is 5.56. The molecule has 0 radical (unpaired) electrons. The van der Waals surface area contributed by atoms with E-state index in [1.54, 1.807) is 11.3 Å². The zero-order valence-corrected chi connectivity index (χ0v) is 10.2. The molecule has 0 saturated carbocycles. The smallest absolute Gasteiger partial charge is 0.257 e. The van der Waals surface area contributed by atoms with Gasteiger partial charge in [0.05, 0.1) is 8.66 Å². The summed E-state index contributed by atoms with van der Waals surface area (Å²) in [5.41, 5.74) is 0. The van der Waals surface area contributed by atoms with Crippen molar-refractivity contribution in [2.75, 3.05) is 5.88 Å². The Kier molecular flexibility index (Phi) is 3.20. The summed E-state index contributed by atoms with van der Waals surface area (Å²) in [6.45, 7) is 0.